The van der Waals surface area contributed by atoms with Gasteiger partial charge in [0.1, 0.15) is 5.82 Å². The second-order valence-electron chi connectivity index (χ2n) is 3.81. The molecule has 18 heavy (non-hydrogen) atoms. The van der Waals surface area contributed by atoms with Gasteiger partial charge in [0.15, 0.2) is 0 Å². The Morgan fingerprint density at radius 1 is 1.06 bits per heavy atom. The lowest BCUT2D eigenvalue weighted by molar-refractivity contribution is 0.620. The lowest BCUT2D eigenvalue weighted by Crippen LogP contribution is -1.84. The van der Waals surface area contributed by atoms with Crippen molar-refractivity contribution >= 4 is 39.3 Å². The van der Waals surface area contributed by atoms with E-state index in [0.29, 0.717) is 10.4 Å². The summed E-state index contributed by atoms with van der Waals surface area (Å²) in [4.78, 5) is 1.18. The predicted octanol–water partition coefficient (Wildman–Crippen LogP) is 5.62. The molecule has 0 bridgehead atoms. The highest BCUT2D eigenvalue weighted by molar-refractivity contribution is 9.10. The quantitative estimate of drug-likeness (QED) is 0.512. The molecule has 2 aromatic rings. The molecule has 0 spiro atoms. The fourth-order valence-corrected chi connectivity index (χ4v) is 2.92. The fraction of sp³-hybridized carbons (Fsp3) is 0.143. The van der Waals surface area contributed by atoms with Crippen LogP contribution >= 0.6 is 39.3 Å². The van der Waals surface area contributed by atoms with E-state index in [0.717, 1.165) is 16.9 Å². The molecule has 94 valence electrons. The van der Waals surface area contributed by atoms with E-state index >= 15 is 0 Å². The van der Waals surface area contributed by atoms with E-state index < -0.39 is 0 Å². The van der Waals surface area contributed by atoms with E-state index in [4.69, 9.17) is 11.6 Å². The summed E-state index contributed by atoms with van der Waals surface area (Å²) in [5, 5.41) is 0. The molecule has 0 aliphatic carbocycles. The highest BCUT2D eigenvalue weighted by Crippen LogP contribution is 2.25. The second kappa shape index (κ2) is 6.60. The molecule has 0 amide bonds. The number of benzene rings is 2. The molecule has 2 aromatic carbocycles. The van der Waals surface area contributed by atoms with E-state index in [1.54, 1.807) is 17.8 Å². The van der Waals surface area contributed by atoms with Gasteiger partial charge in [0.05, 0.1) is 4.47 Å². The predicted molar refractivity (Wildman–Crippen MR) is 79.7 cm³/mol. The largest absolute Gasteiger partial charge is 0.206 e. The molecule has 0 nitrogen and oxygen atoms in total. The van der Waals surface area contributed by atoms with Gasteiger partial charge in [0.2, 0.25) is 0 Å². The van der Waals surface area contributed by atoms with Crippen molar-refractivity contribution in [2.24, 2.45) is 0 Å². The Bertz CT molecular complexity index is 528. The van der Waals surface area contributed by atoms with Crippen LogP contribution < -0.4 is 0 Å². The Hall–Kier alpha value is -0.510. The number of hydrogen-bond donors (Lipinski definition) is 0. The van der Waals surface area contributed by atoms with Crippen LogP contribution in [0.4, 0.5) is 4.39 Å². The maximum atomic E-state index is 13.1. The molecule has 0 saturated heterocycles. The molecule has 0 aliphatic rings. The summed E-state index contributed by atoms with van der Waals surface area (Å²) in [6.45, 7) is 0. The first-order valence-corrected chi connectivity index (χ1v) is 7.72. The molecule has 0 fully saturated rings. The molecule has 0 unspecified atom stereocenters. The van der Waals surface area contributed by atoms with Gasteiger partial charge in [0.25, 0.3) is 0 Å². The van der Waals surface area contributed by atoms with Crippen molar-refractivity contribution in [2.75, 3.05) is 0 Å². The van der Waals surface area contributed by atoms with Crippen molar-refractivity contribution in [3.05, 3.63) is 63.9 Å². The van der Waals surface area contributed by atoms with Gasteiger partial charge in [0, 0.05) is 16.5 Å². The zero-order valence-electron chi connectivity index (χ0n) is 9.50. The molecule has 0 heterocycles. The third-order valence-electron chi connectivity index (χ3n) is 2.47. The lowest BCUT2D eigenvalue weighted by atomic mass is 10.2. The standard InChI is InChI=1S/C14H11BrClFS/c15-13-7-11(3-6-14(13)17)9-18-12-4-1-10(8-16)2-5-12/h1-7H,8-9H2. The van der Waals surface area contributed by atoms with Crippen molar-refractivity contribution in [2.45, 2.75) is 16.5 Å². The number of alkyl halides is 1. The molecule has 0 aliphatic heterocycles. The summed E-state index contributed by atoms with van der Waals surface area (Å²) in [6.07, 6.45) is 0. The fourth-order valence-electron chi connectivity index (χ4n) is 1.47. The number of hydrogen-bond acceptors (Lipinski definition) is 1. The number of thioether (sulfide) groups is 1. The first kappa shape index (κ1) is 13.9. The van der Waals surface area contributed by atoms with Crippen LogP contribution in [0.15, 0.2) is 51.8 Å². The van der Waals surface area contributed by atoms with Crippen molar-refractivity contribution in [3.63, 3.8) is 0 Å². The third kappa shape index (κ3) is 3.74. The summed E-state index contributed by atoms with van der Waals surface area (Å²) in [5.41, 5.74) is 2.21. The Kier molecular flexibility index (Phi) is 5.10. The zero-order valence-corrected chi connectivity index (χ0v) is 12.7. The minimum atomic E-state index is -0.227. The van der Waals surface area contributed by atoms with E-state index in [1.807, 2.05) is 18.2 Å². The van der Waals surface area contributed by atoms with Gasteiger partial charge in [-0.25, -0.2) is 4.39 Å². The average Bonchev–Trinajstić information content (AvgIpc) is 2.41. The maximum Gasteiger partial charge on any atom is 0.137 e. The van der Waals surface area contributed by atoms with Crippen LogP contribution in [0.2, 0.25) is 0 Å². The van der Waals surface area contributed by atoms with Crippen molar-refractivity contribution in [3.8, 4) is 0 Å². The van der Waals surface area contributed by atoms with Crippen LogP contribution in [0.1, 0.15) is 11.1 Å². The maximum absolute atomic E-state index is 13.1. The summed E-state index contributed by atoms with van der Waals surface area (Å²) in [6, 6.07) is 13.3. The summed E-state index contributed by atoms with van der Waals surface area (Å²) in [5.74, 6) is 1.13. The van der Waals surface area contributed by atoms with Crippen LogP contribution in [-0.2, 0) is 11.6 Å². The first-order valence-electron chi connectivity index (χ1n) is 5.40. The van der Waals surface area contributed by atoms with Crippen LogP contribution in [0.3, 0.4) is 0 Å². The molecule has 2 rings (SSSR count). The van der Waals surface area contributed by atoms with E-state index in [-0.39, 0.29) is 5.82 Å². The van der Waals surface area contributed by atoms with Gasteiger partial charge in [-0.1, -0.05) is 18.2 Å². The topological polar surface area (TPSA) is 0 Å². The Labute approximate surface area is 124 Å². The van der Waals surface area contributed by atoms with Gasteiger partial charge >= 0.3 is 0 Å². The number of rotatable bonds is 4. The average molecular weight is 346 g/mol. The third-order valence-corrected chi connectivity index (χ3v) is 4.47. The molecule has 0 radical (unpaired) electrons. The van der Waals surface area contributed by atoms with Gasteiger partial charge in [-0.3, -0.25) is 0 Å². The molecule has 0 saturated carbocycles. The molecular formula is C14H11BrClFS. The minimum Gasteiger partial charge on any atom is -0.206 e. The van der Waals surface area contributed by atoms with Gasteiger partial charge in [-0.15, -0.1) is 23.4 Å². The lowest BCUT2D eigenvalue weighted by Gasteiger charge is -2.04. The van der Waals surface area contributed by atoms with E-state index in [9.17, 15) is 4.39 Å². The van der Waals surface area contributed by atoms with Crippen molar-refractivity contribution in [1.82, 2.24) is 0 Å². The molecule has 0 aromatic heterocycles. The summed E-state index contributed by atoms with van der Waals surface area (Å²) >= 11 is 10.7. The Balaban J connectivity index is 1.99. The second-order valence-corrected chi connectivity index (χ2v) is 5.99. The normalized spacial score (nSPS) is 10.6. The first-order chi connectivity index (χ1) is 8.69. The monoisotopic (exact) mass is 344 g/mol. The molecule has 0 atom stereocenters. The molecular weight excluding hydrogens is 335 g/mol. The van der Waals surface area contributed by atoms with E-state index in [1.165, 1.54) is 11.0 Å². The zero-order chi connectivity index (χ0) is 13.0. The summed E-state index contributed by atoms with van der Waals surface area (Å²) < 4.78 is 13.6. The summed E-state index contributed by atoms with van der Waals surface area (Å²) in [7, 11) is 0. The Morgan fingerprint density at radius 2 is 1.72 bits per heavy atom. The number of halogens is 3. The Morgan fingerprint density at radius 3 is 2.33 bits per heavy atom. The van der Waals surface area contributed by atoms with Crippen LogP contribution in [-0.4, -0.2) is 0 Å². The van der Waals surface area contributed by atoms with Crippen molar-refractivity contribution < 1.29 is 4.39 Å². The highest BCUT2D eigenvalue weighted by Gasteiger charge is 2.01. The highest BCUT2D eigenvalue weighted by atomic mass is 79.9. The van der Waals surface area contributed by atoms with Gasteiger partial charge in [-0.05, 0) is 51.3 Å². The van der Waals surface area contributed by atoms with Crippen LogP contribution in [0.25, 0.3) is 0 Å². The smallest absolute Gasteiger partial charge is 0.137 e. The van der Waals surface area contributed by atoms with E-state index in [2.05, 4.69) is 28.1 Å². The van der Waals surface area contributed by atoms with Crippen molar-refractivity contribution in [1.29, 1.82) is 0 Å². The van der Waals surface area contributed by atoms with Gasteiger partial charge in [-0.2, -0.15) is 0 Å². The van der Waals surface area contributed by atoms with Crippen LogP contribution in [0.5, 0.6) is 0 Å². The minimum absolute atomic E-state index is 0.227. The van der Waals surface area contributed by atoms with Gasteiger partial charge < -0.3 is 0 Å². The molecule has 4 heteroatoms. The van der Waals surface area contributed by atoms with Crippen LogP contribution in [0, 0.1) is 5.82 Å². The SMILES string of the molecule is Fc1ccc(CSc2ccc(CCl)cc2)cc1Br. The molecule has 0 N–H and O–H groups in total.